The minimum absolute atomic E-state index is 0.0969. The fraction of sp³-hybridized carbons (Fsp3) is 0.636. The minimum Gasteiger partial charge on any atom is -0.394 e. The average Bonchev–Trinajstić information content (AvgIpc) is 2.64. The van der Waals surface area contributed by atoms with Crippen LogP contribution in [0.25, 0.3) is 0 Å². The molecule has 0 saturated heterocycles. The van der Waals surface area contributed by atoms with Gasteiger partial charge in [-0.3, -0.25) is 0 Å². The van der Waals surface area contributed by atoms with Gasteiger partial charge in [0, 0.05) is 22.3 Å². The first-order chi connectivity index (χ1) is 7.24. The van der Waals surface area contributed by atoms with Gasteiger partial charge >= 0.3 is 0 Å². The second kappa shape index (κ2) is 6.95. The summed E-state index contributed by atoms with van der Waals surface area (Å²) in [5.41, 5.74) is 0. The largest absolute Gasteiger partial charge is 0.394 e. The van der Waals surface area contributed by atoms with E-state index in [4.69, 9.17) is 9.84 Å². The molecule has 0 aromatic carbocycles. The van der Waals surface area contributed by atoms with Crippen molar-refractivity contribution < 1.29 is 9.84 Å². The summed E-state index contributed by atoms with van der Waals surface area (Å²) in [6, 6.07) is 4.67. The molecule has 0 bridgehead atoms. The molecule has 15 heavy (non-hydrogen) atoms. The zero-order chi connectivity index (χ0) is 11.1. The number of aliphatic hydroxyl groups excluding tert-OH is 1. The van der Waals surface area contributed by atoms with Gasteiger partial charge in [-0.05, 0) is 26.0 Å². The summed E-state index contributed by atoms with van der Waals surface area (Å²) in [7, 11) is 0. The number of ether oxygens (including phenoxy) is 1. The van der Waals surface area contributed by atoms with Gasteiger partial charge in [0.2, 0.25) is 0 Å². The number of nitrogens with one attached hydrogen (secondary N) is 1. The van der Waals surface area contributed by atoms with Crippen LogP contribution in [0.15, 0.2) is 12.1 Å². The van der Waals surface area contributed by atoms with Crippen molar-refractivity contribution in [3.8, 4) is 0 Å². The summed E-state index contributed by atoms with van der Waals surface area (Å²) in [4.78, 5) is 2.70. The van der Waals surface area contributed by atoms with E-state index in [9.17, 15) is 0 Å². The topological polar surface area (TPSA) is 41.5 Å². The van der Waals surface area contributed by atoms with E-state index in [0.717, 1.165) is 6.54 Å². The molecule has 0 radical (unpaired) electrons. The third kappa shape index (κ3) is 4.75. The summed E-state index contributed by atoms with van der Waals surface area (Å²) in [6.45, 7) is 6.25. The zero-order valence-corrected chi connectivity index (χ0v) is 10.1. The Kier molecular flexibility index (Phi) is 5.86. The lowest BCUT2D eigenvalue weighted by Crippen LogP contribution is -2.23. The molecule has 0 fully saturated rings. The van der Waals surface area contributed by atoms with Gasteiger partial charge in [-0.15, -0.1) is 11.3 Å². The fourth-order valence-corrected chi connectivity index (χ4v) is 2.21. The lowest BCUT2D eigenvalue weighted by Gasteiger charge is -2.11. The Morgan fingerprint density at radius 2 is 2.27 bits per heavy atom. The Morgan fingerprint density at radius 3 is 2.87 bits per heavy atom. The van der Waals surface area contributed by atoms with Gasteiger partial charge < -0.3 is 15.2 Å². The van der Waals surface area contributed by atoms with Crippen LogP contribution in [-0.4, -0.2) is 31.5 Å². The van der Waals surface area contributed by atoms with Crippen LogP contribution in [0.2, 0.25) is 0 Å². The molecular weight excluding hydrogens is 210 g/mol. The van der Waals surface area contributed by atoms with Crippen LogP contribution < -0.4 is 5.32 Å². The van der Waals surface area contributed by atoms with Gasteiger partial charge in [-0.25, -0.2) is 0 Å². The highest BCUT2D eigenvalue weighted by Crippen LogP contribution is 2.21. The lowest BCUT2D eigenvalue weighted by molar-refractivity contribution is 0.0929. The number of aryl methyl sites for hydroxylation is 1. The molecule has 0 aliphatic heterocycles. The zero-order valence-electron chi connectivity index (χ0n) is 9.32. The third-order valence-corrected chi connectivity index (χ3v) is 3.30. The SMILES string of the molecule is Cc1ccc(C(C)NCCOCCO)s1. The second-order valence-corrected chi connectivity index (χ2v) is 4.78. The summed E-state index contributed by atoms with van der Waals surface area (Å²) in [6.07, 6.45) is 0. The average molecular weight is 229 g/mol. The molecule has 1 atom stereocenters. The van der Waals surface area contributed by atoms with Crippen LogP contribution in [0.5, 0.6) is 0 Å². The van der Waals surface area contributed by atoms with E-state index in [1.807, 2.05) is 11.3 Å². The van der Waals surface area contributed by atoms with Crippen LogP contribution in [0.3, 0.4) is 0 Å². The predicted molar refractivity (Wildman–Crippen MR) is 63.4 cm³/mol. The molecule has 3 nitrogen and oxygen atoms in total. The minimum atomic E-state index is 0.0969. The molecule has 4 heteroatoms. The molecule has 86 valence electrons. The molecule has 0 saturated carbocycles. The summed E-state index contributed by atoms with van der Waals surface area (Å²) < 4.78 is 5.17. The van der Waals surface area contributed by atoms with Gasteiger partial charge in [0.05, 0.1) is 19.8 Å². The molecule has 1 aromatic heterocycles. The summed E-state index contributed by atoms with van der Waals surface area (Å²) >= 11 is 1.82. The Hall–Kier alpha value is -0.420. The van der Waals surface area contributed by atoms with E-state index in [1.165, 1.54) is 9.75 Å². The number of aliphatic hydroxyl groups is 1. The van der Waals surface area contributed by atoms with Gasteiger partial charge in [-0.1, -0.05) is 0 Å². The highest BCUT2D eigenvalue weighted by molar-refractivity contribution is 7.12. The molecular formula is C11H19NO2S. The van der Waals surface area contributed by atoms with Gasteiger partial charge in [-0.2, -0.15) is 0 Å². The van der Waals surface area contributed by atoms with Gasteiger partial charge in [0.25, 0.3) is 0 Å². The quantitative estimate of drug-likeness (QED) is 0.699. The second-order valence-electron chi connectivity index (χ2n) is 3.46. The van der Waals surface area contributed by atoms with Crippen LogP contribution in [0.4, 0.5) is 0 Å². The van der Waals surface area contributed by atoms with E-state index in [0.29, 0.717) is 19.3 Å². The van der Waals surface area contributed by atoms with Crippen molar-refractivity contribution in [1.29, 1.82) is 0 Å². The maximum absolute atomic E-state index is 8.51. The van der Waals surface area contributed by atoms with Gasteiger partial charge in [0.1, 0.15) is 0 Å². The highest BCUT2D eigenvalue weighted by atomic mass is 32.1. The van der Waals surface area contributed by atoms with Crippen LogP contribution in [-0.2, 0) is 4.74 Å². The Morgan fingerprint density at radius 1 is 1.47 bits per heavy atom. The normalized spacial score (nSPS) is 13.0. The molecule has 2 N–H and O–H groups in total. The van der Waals surface area contributed by atoms with E-state index >= 15 is 0 Å². The van der Waals surface area contributed by atoms with Crippen LogP contribution in [0, 0.1) is 6.92 Å². The molecule has 0 aliphatic rings. The van der Waals surface area contributed by atoms with Crippen molar-refractivity contribution in [2.24, 2.45) is 0 Å². The smallest absolute Gasteiger partial charge is 0.0698 e. The summed E-state index contributed by atoms with van der Waals surface area (Å²) in [5, 5.41) is 11.9. The molecule has 1 rings (SSSR count). The third-order valence-electron chi connectivity index (χ3n) is 2.12. The van der Waals surface area contributed by atoms with E-state index in [1.54, 1.807) is 0 Å². The van der Waals surface area contributed by atoms with E-state index in [-0.39, 0.29) is 6.61 Å². The van der Waals surface area contributed by atoms with Crippen molar-refractivity contribution in [3.63, 3.8) is 0 Å². The van der Waals surface area contributed by atoms with Crippen LogP contribution >= 0.6 is 11.3 Å². The predicted octanol–water partition coefficient (Wildman–Crippen LogP) is 1.72. The van der Waals surface area contributed by atoms with E-state index < -0.39 is 0 Å². The first kappa shape index (κ1) is 12.6. The molecule has 1 aromatic rings. The maximum atomic E-state index is 8.51. The van der Waals surface area contributed by atoms with Crippen molar-refractivity contribution >= 4 is 11.3 Å². The molecule has 1 unspecified atom stereocenters. The molecule has 1 heterocycles. The van der Waals surface area contributed by atoms with Crippen molar-refractivity contribution in [3.05, 3.63) is 21.9 Å². The standard InChI is InChI=1S/C11H19NO2S/c1-9-3-4-11(15-9)10(2)12-5-7-14-8-6-13/h3-4,10,12-13H,5-8H2,1-2H3. The van der Waals surface area contributed by atoms with Gasteiger partial charge in [0.15, 0.2) is 0 Å². The van der Waals surface area contributed by atoms with Crippen molar-refractivity contribution in [2.75, 3.05) is 26.4 Å². The lowest BCUT2D eigenvalue weighted by atomic mass is 10.3. The number of hydrogen-bond acceptors (Lipinski definition) is 4. The summed E-state index contributed by atoms with van der Waals surface area (Å²) in [5.74, 6) is 0. The Labute approximate surface area is 95.1 Å². The highest BCUT2D eigenvalue weighted by Gasteiger charge is 2.05. The fourth-order valence-electron chi connectivity index (χ4n) is 1.30. The van der Waals surface area contributed by atoms with Crippen molar-refractivity contribution in [1.82, 2.24) is 5.32 Å². The first-order valence-electron chi connectivity index (χ1n) is 5.22. The Balaban J connectivity index is 2.16. The number of thiophene rings is 1. The molecule has 0 aliphatic carbocycles. The van der Waals surface area contributed by atoms with Crippen LogP contribution in [0.1, 0.15) is 22.7 Å². The number of rotatable bonds is 7. The van der Waals surface area contributed by atoms with Crippen molar-refractivity contribution in [2.45, 2.75) is 19.9 Å². The maximum Gasteiger partial charge on any atom is 0.0698 e. The molecule has 0 spiro atoms. The monoisotopic (exact) mass is 229 g/mol. The Bertz CT molecular complexity index is 275. The molecule has 0 amide bonds. The first-order valence-corrected chi connectivity index (χ1v) is 6.04. The van der Waals surface area contributed by atoms with E-state index in [2.05, 4.69) is 31.3 Å². The number of hydrogen-bond donors (Lipinski definition) is 2.